The summed E-state index contributed by atoms with van der Waals surface area (Å²) >= 11 is 0. The molecule has 0 bridgehead atoms. The Balaban J connectivity index is 2.05. The number of benzene rings is 1. The molecule has 1 aliphatic rings. The Morgan fingerprint density at radius 2 is 2.00 bits per heavy atom. The van der Waals surface area contributed by atoms with E-state index in [1.807, 2.05) is 11.0 Å². The van der Waals surface area contributed by atoms with Crippen LogP contribution in [-0.4, -0.2) is 50.7 Å². The first kappa shape index (κ1) is 13.7. The zero-order valence-electron chi connectivity index (χ0n) is 10.3. The van der Waals surface area contributed by atoms with Crippen molar-refractivity contribution in [2.75, 3.05) is 36.1 Å². The maximum Gasteiger partial charge on any atom is 0.341 e. The van der Waals surface area contributed by atoms with E-state index in [9.17, 15) is 13.2 Å². The van der Waals surface area contributed by atoms with Crippen molar-refractivity contribution >= 4 is 21.5 Å². The lowest BCUT2D eigenvalue weighted by Crippen LogP contribution is -2.40. The zero-order valence-corrected chi connectivity index (χ0v) is 11.1. The van der Waals surface area contributed by atoms with Gasteiger partial charge in [0, 0.05) is 24.8 Å². The van der Waals surface area contributed by atoms with E-state index in [2.05, 4.69) is 0 Å². The van der Waals surface area contributed by atoms with Crippen LogP contribution in [0.1, 0.15) is 0 Å². The zero-order chi connectivity index (χ0) is 13.9. The number of ether oxygens (including phenoxy) is 1. The molecule has 1 aliphatic heterocycles. The standard InChI is InChI=1S/C12H15NO5S/c14-12(15)9-18-11-3-1-2-10(8-11)13-4-6-19(16,17)7-5-13/h1-3,8H,4-7,9H2,(H,14,15). The van der Waals surface area contributed by atoms with E-state index < -0.39 is 22.4 Å². The summed E-state index contributed by atoms with van der Waals surface area (Å²) in [4.78, 5) is 12.4. The first-order valence-corrected chi connectivity index (χ1v) is 7.68. The molecule has 0 unspecified atom stereocenters. The van der Waals surface area contributed by atoms with Crippen LogP contribution in [-0.2, 0) is 14.6 Å². The maximum atomic E-state index is 11.4. The van der Waals surface area contributed by atoms with Crippen LogP contribution in [0.2, 0.25) is 0 Å². The van der Waals surface area contributed by atoms with E-state index in [0.29, 0.717) is 18.8 Å². The Hall–Kier alpha value is -1.76. The summed E-state index contributed by atoms with van der Waals surface area (Å²) in [6.45, 7) is 0.507. The third-order valence-corrected chi connectivity index (χ3v) is 4.50. The van der Waals surface area contributed by atoms with Gasteiger partial charge in [0.2, 0.25) is 0 Å². The van der Waals surface area contributed by atoms with Gasteiger partial charge in [-0.25, -0.2) is 13.2 Å². The molecule has 7 heteroatoms. The number of carboxylic acid groups (broad SMARTS) is 1. The van der Waals surface area contributed by atoms with E-state index >= 15 is 0 Å². The largest absolute Gasteiger partial charge is 0.482 e. The summed E-state index contributed by atoms with van der Waals surface area (Å²) in [6, 6.07) is 7.01. The average Bonchev–Trinajstić information content (AvgIpc) is 2.37. The molecule has 1 fully saturated rings. The average molecular weight is 285 g/mol. The van der Waals surface area contributed by atoms with Crippen LogP contribution in [0.25, 0.3) is 0 Å². The van der Waals surface area contributed by atoms with Crippen molar-refractivity contribution < 1.29 is 23.1 Å². The molecule has 104 valence electrons. The summed E-state index contributed by atoms with van der Waals surface area (Å²) in [7, 11) is -2.91. The second kappa shape index (κ2) is 5.48. The van der Waals surface area contributed by atoms with Gasteiger partial charge in [-0.3, -0.25) is 0 Å². The van der Waals surface area contributed by atoms with Crippen molar-refractivity contribution in [3.8, 4) is 5.75 Å². The molecule has 1 N–H and O–H groups in total. The minimum atomic E-state index is -2.91. The van der Waals surface area contributed by atoms with Gasteiger partial charge >= 0.3 is 5.97 Å². The molecule has 1 aromatic carbocycles. The molecule has 1 heterocycles. The van der Waals surface area contributed by atoms with Crippen LogP contribution < -0.4 is 9.64 Å². The predicted octanol–water partition coefficient (Wildman–Crippen LogP) is 0.385. The van der Waals surface area contributed by atoms with Crippen molar-refractivity contribution in [2.24, 2.45) is 0 Å². The number of sulfone groups is 1. The van der Waals surface area contributed by atoms with Crippen molar-refractivity contribution in [3.63, 3.8) is 0 Å². The molecule has 0 radical (unpaired) electrons. The highest BCUT2D eigenvalue weighted by atomic mass is 32.2. The van der Waals surface area contributed by atoms with Crippen molar-refractivity contribution in [1.82, 2.24) is 0 Å². The maximum absolute atomic E-state index is 11.4. The fraction of sp³-hybridized carbons (Fsp3) is 0.417. The van der Waals surface area contributed by atoms with Crippen LogP contribution in [0.5, 0.6) is 5.75 Å². The smallest absolute Gasteiger partial charge is 0.341 e. The topological polar surface area (TPSA) is 83.9 Å². The summed E-state index contributed by atoms with van der Waals surface area (Å²) in [6.07, 6.45) is 0. The predicted molar refractivity (Wildman–Crippen MR) is 70.4 cm³/mol. The van der Waals surface area contributed by atoms with E-state index in [4.69, 9.17) is 9.84 Å². The number of nitrogens with zero attached hydrogens (tertiary/aromatic N) is 1. The number of hydrogen-bond donors (Lipinski definition) is 1. The fourth-order valence-electron chi connectivity index (χ4n) is 1.89. The van der Waals surface area contributed by atoms with Gasteiger partial charge in [0.15, 0.2) is 16.4 Å². The molecule has 0 saturated carbocycles. The highest BCUT2D eigenvalue weighted by Gasteiger charge is 2.21. The lowest BCUT2D eigenvalue weighted by atomic mass is 10.2. The number of anilines is 1. The van der Waals surface area contributed by atoms with Crippen molar-refractivity contribution in [2.45, 2.75) is 0 Å². The molecule has 0 spiro atoms. The van der Waals surface area contributed by atoms with Gasteiger partial charge in [-0.2, -0.15) is 0 Å². The van der Waals surface area contributed by atoms with Gasteiger partial charge in [-0.05, 0) is 12.1 Å². The number of carboxylic acids is 1. The molecule has 1 saturated heterocycles. The first-order valence-electron chi connectivity index (χ1n) is 5.86. The lowest BCUT2D eigenvalue weighted by molar-refractivity contribution is -0.139. The molecular weight excluding hydrogens is 270 g/mol. The van der Waals surface area contributed by atoms with Gasteiger partial charge in [-0.1, -0.05) is 6.07 Å². The second-order valence-electron chi connectivity index (χ2n) is 4.32. The summed E-state index contributed by atoms with van der Waals surface area (Å²) in [5, 5.41) is 8.55. The molecular formula is C12H15NO5S. The molecule has 0 aliphatic carbocycles. The molecule has 6 nitrogen and oxygen atoms in total. The SMILES string of the molecule is O=C(O)COc1cccc(N2CCS(=O)(=O)CC2)c1. The van der Waals surface area contributed by atoms with Crippen LogP contribution >= 0.6 is 0 Å². The summed E-state index contributed by atoms with van der Waals surface area (Å²) < 4.78 is 27.8. The van der Waals surface area contributed by atoms with Crippen LogP contribution in [0.15, 0.2) is 24.3 Å². The van der Waals surface area contributed by atoms with Gasteiger partial charge in [0.1, 0.15) is 5.75 Å². The quantitative estimate of drug-likeness (QED) is 0.861. The van der Waals surface area contributed by atoms with Crippen LogP contribution in [0, 0.1) is 0 Å². The van der Waals surface area contributed by atoms with Crippen LogP contribution in [0.4, 0.5) is 5.69 Å². The monoisotopic (exact) mass is 285 g/mol. The molecule has 2 rings (SSSR count). The second-order valence-corrected chi connectivity index (χ2v) is 6.62. The Kier molecular flexibility index (Phi) is 3.94. The van der Waals surface area contributed by atoms with E-state index in [0.717, 1.165) is 5.69 Å². The highest BCUT2D eigenvalue weighted by molar-refractivity contribution is 7.91. The van der Waals surface area contributed by atoms with Gasteiger partial charge in [0.25, 0.3) is 0 Å². The van der Waals surface area contributed by atoms with Crippen LogP contribution in [0.3, 0.4) is 0 Å². The Labute approximate surface area is 111 Å². The summed E-state index contributed by atoms with van der Waals surface area (Å²) in [5.41, 5.74) is 0.845. The van der Waals surface area contributed by atoms with Gasteiger partial charge in [-0.15, -0.1) is 0 Å². The first-order chi connectivity index (χ1) is 8.96. The van der Waals surface area contributed by atoms with Gasteiger partial charge in [0.05, 0.1) is 11.5 Å². The Bertz CT molecular complexity index is 555. The molecule has 19 heavy (non-hydrogen) atoms. The number of aliphatic carboxylic acids is 1. The highest BCUT2D eigenvalue weighted by Crippen LogP contribution is 2.22. The third kappa shape index (κ3) is 3.85. The lowest BCUT2D eigenvalue weighted by Gasteiger charge is -2.28. The van der Waals surface area contributed by atoms with Crippen molar-refractivity contribution in [3.05, 3.63) is 24.3 Å². The number of rotatable bonds is 4. The third-order valence-electron chi connectivity index (χ3n) is 2.89. The minimum Gasteiger partial charge on any atom is -0.482 e. The molecule has 0 atom stereocenters. The molecule has 0 amide bonds. The Morgan fingerprint density at radius 3 is 2.63 bits per heavy atom. The van der Waals surface area contributed by atoms with E-state index in [1.54, 1.807) is 18.2 Å². The molecule has 1 aromatic rings. The van der Waals surface area contributed by atoms with Gasteiger partial charge < -0.3 is 14.7 Å². The van der Waals surface area contributed by atoms with Crippen molar-refractivity contribution in [1.29, 1.82) is 0 Å². The Morgan fingerprint density at radius 1 is 1.32 bits per heavy atom. The fourth-order valence-corrected chi connectivity index (χ4v) is 3.09. The van der Waals surface area contributed by atoms with E-state index in [-0.39, 0.29) is 11.5 Å². The molecule has 0 aromatic heterocycles. The minimum absolute atomic E-state index is 0.146. The number of carbonyl (C=O) groups is 1. The normalized spacial score (nSPS) is 18.0. The number of hydrogen-bond acceptors (Lipinski definition) is 5. The van der Waals surface area contributed by atoms with E-state index in [1.165, 1.54) is 0 Å². The summed E-state index contributed by atoms with van der Waals surface area (Å²) in [5.74, 6) is -0.275.